The van der Waals surface area contributed by atoms with Crippen LogP contribution in [-0.4, -0.2) is 23.2 Å². The summed E-state index contributed by atoms with van der Waals surface area (Å²) in [5.41, 5.74) is 1.73. The number of hydrogen-bond donors (Lipinski definition) is 0. The predicted molar refractivity (Wildman–Crippen MR) is 113 cm³/mol. The molecule has 0 spiro atoms. The maximum atomic E-state index is 12.3. The number of nitro benzene ring substituents is 1. The Balaban J connectivity index is 1.56. The summed E-state index contributed by atoms with van der Waals surface area (Å²) in [6.45, 7) is 0. The highest BCUT2D eigenvalue weighted by molar-refractivity contribution is 7.14. The summed E-state index contributed by atoms with van der Waals surface area (Å²) in [5, 5.41) is 19.8. The Bertz CT molecular complexity index is 1280. The number of hydrogen-bond acceptors (Lipinski definition) is 8. The summed E-state index contributed by atoms with van der Waals surface area (Å²) >= 11 is 1.34. The molecule has 2 heterocycles. The largest absolute Gasteiger partial charge is 0.422 e. The van der Waals surface area contributed by atoms with Gasteiger partial charge in [0.15, 0.2) is 0 Å². The molecule has 0 saturated heterocycles. The van der Waals surface area contributed by atoms with Crippen LogP contribution in [0.3, 0.4) is 0 Å². The molecule has 0 aliphatic rings. The van der Waals surface area contributed by atoms with Crippen molar-refractivity contribution in [1.82, 2.24) is 4.98 Å². The lowest BCUT2D eigenvalue weighted by atomic mass is 10.1. The van der Waals surface area contributed by atoms with Crippen LogP contribution in [-0.2, 0) is 0 Å². The first-order valence-electron chi connectivity index (χ1n) is 8.52. The van der Waals surface area contributed by atoms with Gasteiger partial charge in [0.05, 0.1) is 22.4 Å². The number of non-ortho nitro benzene ring substituents is 1. The lowest BCUT2D eigenvalue weighted by Gasteiger charge is -2.07. The molecule has 9 heteroatoms. The van der Waals surface area contributed by atoms with E-state index in [4.69, 9.17) is 4.42 Å². The molecular formula is C20H14N4O4S. The average molecular weight is 406 g/mol. The zero-order valence-corrected chi connectivity index (χ0v) is 16.0. The quantitative estimate of drug-likeness (QED) is 0.212. The molecule has 0 radical (unpaired) electrons. The van der Waals surface area contributed by atoms with Crippen molar-refractivity contribution in [2.45, 2.75) is 0 Å². The topological polar surface area (TPSA) is 102 Å². The van der Waals surface area contributed by atoms with Crippen LogP contribution >= 0.6 is 11.3 Å². The van der Waals surface area contributed by atoms with E-state index in [1.807, 2.05) is 18.2 Å². The van der Waals surface area contributed by atoms with E-state index in [9.17, 15) is 14.9 Å². The molecule has 0 saturated carbocycles. The van der Waals surface area contributed by atoms with Crippen LogP contribution in [0.25, 0.3) is 22.2 Å². The Labute approximate surface area is 168 Å². The Morgan fingerprint density at radius 1 is 1.21 bits per heavy atom. The molecule has 0 aliphatic heterocycles. The lowest BCUT2D eigenvalue weighted by molar-refractivity contribution is -0.384. The lowest BCUT2D eigenvalue weighted by Crippen LogP contribution is -2.09. The first-order valence-corrected chi connectivity index (χ1v) is 9.40. The van der Waals surface area contributed by atoms with Crippen LogP contribution in [0.5, 0.6) is 0 Å². The maximum Gasteiger partial charge on any atom is 0.345 e. The fourth-order valence-corrected chi connectivity index (χ4v) is 3.41. The third-order valence-corrected chi connectivity index (χ3v) is 5.08. The van der Waals surface area contributed by atoms with E-state index >= 15 is 0 Å². The van der Waals surface area contributed by atoms with Gasteiger partial charge < -0.3 is 4.42 Å². The number of thiazole rings is 1. The van der Waals surface area contributed by atoms with Gasteiger partial charge in [0.2, 0.25) is 5.13 Å². The van der Waals surface area contributed by atoms with Crippen molar-refractivity contribution in [3.05, 3.63) is 86.1 Å². The first kappa shape index (κ1) is 18.5. The smallest absolute Gasteiger partial charge is 0.345 e. The van der Waals surface area contributed by atoms with E-state index in [0.717, 1.165) is 10.9 Å². The molecule has 0 N–H and O–H groups in total. The predicted octanol–water partition coefficient (Wildman–Crippen LogP) is 4.30. The maximum absolute atomic E-state index is 12.3. The van der Waals surface area contributed by atoms with Crippen LogP contribution < -0.4 is 10.6 Å². The fourth-order valence-electron chi connectivity index (χ4n) is 2.66. The van der Waals surface area contributed by atoms with Gasteiger partial charge in [-0.15, -0.1) is 11.3 Å². The monoisotopic (exact) mass is 406 g/mol. The van der Waals surface area contributed by atoms with Crippen LogP contribution in [0.1, 0.15) is 5.56 Å². The molecule has 8 nitrogen and oxygen atoms in total. The average Bonchev–Trinajstić information content (AvgIpc) is 3.22. The van der Waals surface area contributed by atoms with Gasteiger partial charge >= 0.3 is 5.63 Å². The van der Waals surface area contributed by atoms with Gasteiger partial charge in [-0.2, -0.15) is 5.10 Å². The Morgan fingerprint density at radius 2 is 1.97 bits per heavy atom. The number of nitro groups is 1. The molecule has 0 amide bonds. The number of nitrogens with zero attached hydrogens (tertiary/aromatic N) is 4. The zero-order chi connectivity index (χ0) is 20.4. The number of benzene rings is 2. The zero-order valence-electron chi connectivity index (χ0n) is 15.2. The van der Waals surface area contributed by atoms with E-state index in [1.165, 1.54) is 23.5 Å². The van der Waals surface area contributed by atoms with Gasteiger partial charge in [0.25, 0.3) is 5.69 Å². The summed E-state index contributed by atoms with van der Waals surface area (Å²) in [7, 11) is 1.73. The van der Waals surface area contributed by atoms with E-state index in [2.05, 4.69) is 10.1 Å². The molecule has 0 atom stereocenters. The van der Waals surface area contributed by atoms with Gasteiger partial charge in [-0.3, -0.25) is 10.1 Å². The van der Waals surface area contributed by atoms with Crippen molar-refractivity contribution in [2.24, 2.45) is 5.10 Å². The van der Waals surface area contributed by atoms with Crippen LogP contribution in [0, 0.1) is 10.1 Å². The molecule has 0 aliphatic carbocycles. The van der Waals surface area contributed by atoms with E-state index in [0.29, 0.717) is 22.0 Å². The summed E-state index contributed by atoms with van der Waals surface area (Å²) in [6, 6.07) is 15.1. The summed E-state index contributed by atoms with van der Waals surface area (Å²) in [4.78, 5) is 27.0. The minimum atomic E-state index is -0.451. The highest BCUT2D eigenvalue weighted by Crippen LogP contribution is 2.27. The number of aromatic nitrogens is 1. The third kappa shape index (κ3) is 3.90. The number of hydrazone groups is 1. The van der Waals surface area contributed by atoms with Gasteiger partial charge in [-0.1, -0.05) is 18.2 Å². The Kier molecular flexibility index (Phi) is 4.88. The minimum absolute atomic E-state index is 0.0225. The molecule has 0 unspecified atom stereocenters. The SMILES string of the molecule is CN(/N=C\c1ccc([N+](=O)[O-])cc1)c1nc(-c2cc3ccccc3oc2=O)cs1. The third-order valence-electron chi connectivity index (χ3n) is 4.17. The first-order chi connectivity index (χ1) is 14.0. The second kappa shape index (κ2) is 7.64. The second-order valence-electron chi connectivity index (χ2n) is 6.12. The van der Waals surface area contributed by atoms with Gasteiger partial charge in [0.1, 0.15) is 5.58 Å². The number of para-hydroxylation sites is 1. The van der Waals surface area contributed by atoms with Crippen molar-refractivity contribution in [3.8, 4) is 11.3 Å². The highest BCUT2D eigenvalue weighted by atomic mass is 32.1. The summed E-state index contributed by atoms with van der Waals surface area (Å²) in [5.74, 6) is 0. The fraction of sp³-hybridized carbons (Fsp3) is 0.0500. The van der Waals surface area contributed by atoms with Crippen LogP contribution in [0.15, 0.2) is 74.3 Å². The van der Waals surface area contributed by atoms with Crippen molar-refractivity contribution < 1.29 is 9.34 Å². The van der Waals surface area contributed by atoms with E-state index in [-0.39, 0.29) is 5.69 Å². The molecule has 0 bridgehead atoms. The molecule has 4 rings (SSSR count). The molecular weight excluding hydrogens is 392 g/mol. The Morgan fingerprint density at radius 3 is 2.72 bits per heavy atom. The molecule has 0 fully saturated rings. The molecule has 144 valence electrons. The highest BCUT2D eigenvalue weighted by Gasteiger charge is 2.13. The second-order valence-corrected chi connectivity index (χ2v) is 6.95. The molecule has 2 aromatic carbocycles. The Hall–Kier alpha value is -3.85. The van der Waals surface area contributed by atoms with Crippen molar-refractivity contribution in [2.75, 3.05) is 12.1 Å². The van der Waals surface area contributed by atoms with E-state index in [1.54, 1.807) is 47.9 Å². The van der Waals surface area contributed by atoms with E-state index < -0.39 is 10.5 Å². The standard InChI is InChI=1S/C20H14N4O4S/c1-23(21-11-13-6-8-15(9-7-13)24(26)27)20-22-17(12-29-20)16-10-14-4-2-3-5-18(14)28-19(16)25/h2-12H,1H3/b21-11-. The van der Waals surface area contributed by atoms with Crippen LogP contribution in [0.2, 0.25) is 0 Å². The number of rotatable bonds is 5. The van der Waals surface area contributed by atoms with Gasteiger partial charge in [-0.25, -0.2) is 14.8 Å². The minimum Gasteiger partial charge on any atom is -0.422 e. The summed E-state index contributed by atoms with van der Waals surface area (Å²) in [6.07, 6.45) is 1.58. The molecule has 2 aromatic heterocycles. The van der Waals surface area contributed by atoms with Crippen LogP contribution in [0.4, 0.5) is 10.8 Å². The van der Waals surface area contributed by atoms with Gasteiger partial charge in [0, 0.05) is 29.9 Å². The molecule has 4 aromatic rings. The number of anilines is 1. The number of fused-ring (bicyclic) bond motifs is 1. The van der Waals surface area contributed by atoms with Crippen molar-refractivity contribution >= 4 is 39.3 Å². The summed E-state index contributed by atoms with van der Waals surface area (Å²) < 4.78 is 5.37. The van der Waals surface area contributed by atoms with Gasteiger partial charge in [-0.05, 0) is 29.8 Å². The van der Waals surface area contributed by atoms with Crippen molar-refractivity contribution in [3.63, 3.8) is 0 Å². The molecule has 29 heavy (non-hydrogen) atoms. The van der Waals surface area contributed by atoms with Crippen molar-refractivity contribution in [1.29, 1.82) is 0 Å². The normalized spacial score (nSPS) is 11.2.